The number of carbonyl (C=O) groups is 1. The number of hydrogen-bond donors (Lipinski definition) is 1. The normalized spacial score (nSPS) is 26.8. The number of hydrogen-bond acceptors (Lipinski definition) is 3. The van der Waals surface area contributed by atoms with E-state index >= 15 is 0 Å². The Bertz CT molecular complexity index is 453. The zero-order chi connectivity index (χ0) is 13.9. The molecule has 1 saturated carbocycles. The number of methoxy groups -OCH3 is 1. The lowest BCUT2D eigenvalue weighted by atomic mass is 9.77. The monoisotopic (exact) mass is 265 g/mol. The van der Waals surface area contributed by atoms with Gasteiger partial charge in [0.1, 0.15) is 11.4 Å². The van der Waals surface area contributed by atoms with E-state index in [-0.39, 0.29) is 11.8 Å². The summed E-state index contributed by atoms with van der Waals surface area (Å²) in [6.07, 6.45) is 3.38. The molecule has 4 heteroatoms. The van der Waals surface area contributed by atoms with Crippen LogP contribution in [0.4, 0.5) is 10.1 Å². The van der Waals surface area contributed by atoms with E-state index < -0.39 is 5.54 Å². The van der Waals surface area contributed by atoms with Crippen LogP contribution >= 0.6 is 0 Å². The molecule has 0 heterocycles. The number of rotatable bonds is 3. The zero-order valence-electron chi connectivity index (χ0n) is 11.4. The van der Waals surface area contributed by atoms with Crippen LogP contribution in [0, 0.1) is 11.7 Å². The summed E-state index contributed by atoms with van der Waals surface area (Å²) in [6.45, 7) is 2.18. The molecule has 1 aliphatic carbocycles. The molecule has 0 atom stereocenters. The van der Waals surface area contributed by atoms with E-state index in [1.807, 2.05) is 0 Å². The molecule has 0 saturated heterocycles. The van der Waals surface area contributed by atoms with E-state index in [0.717, 1.165) is 25.7 Å². The number of esters is 1. The quantitative estimate of drug-likeness (QED) is 0.852. The Labute approximate surface area is 113 Å². The van der Waals surface area contributed by atoms with Crippen LogP contribution in [0.2, 0.25) is 0 Å². The first-order valence-corrected chi connectivity index (χ1v) is 6.68. The molecule has 2 rings (SSSR count). The van der Waals surface area contributed by atoms with Crippen LogP contribution in [0.25, 0.3) is 0 Å². The summed E-state index contributed by atoms with van der Waals surface area (Å²) < 4.78 is 18.2. The van der Waals surface area contributed by atoms with Crippen molar-refractivity contribution in [2.75, 3.05) is 12.4 Å². The highest BCUT2D eigenvalue weighted by atomic mass is 19.1. The number of anilines is 1. The topological polar surface area (TPSA) is 38.3 Å². The Morgan fingerprint density at radius 2 is 2.11 bits per heavy atom. The molecule has 0 aliphatic heterocycles. The molecule has 0 amide bonds. The highest BCUT2D eigenvalue weighted by molar-refractivity contribution is 5.84. The molecule has 104 valence electrons. The average Bonchev–Trinajstić information content (AvgIpc) is 2.41. The first kappa shape index (κ1) is 13.8. The molecular formula is C15H20FNO2. The molecule has 0 unspecified atom stereocenters. The fraction of sp³-hybridized carbons (Fsp3) is 0.533. The summed E-state index contributed by atoms with van der Waals surface area (Å²) in [5.74, 6) is 0.0462. The Hall–Kier alpha value is -1.58. The third kappa shape index (κ3) is 3.06. The lowest BCUT2D eigenvalue weighted by Gasteiger charge is -2.38. The van der Waals surface area contributed by atoms with Crippen LogP contribution in [0.1, 0.15) is 32.6 Å². The molecule has 1 aromatic carbocycles. The second-order valence-electron chi connectivity index (χ2n) is 5.39. The minimum absolute atomic E-state index is 0.260. The summed E-state index contributed by atoms with van der Waals surface area (Å²) in [6, 6.07) is 6.20. The first-order chi connectivity index (χ1) is 9.05. The van der Waals surface area contributed by atoms with Gasteiger partial charge < -0.3 is 10.1 Å². The van der Waals surface area contributed by atoms with Crippen molar-refractivity contribution in [1.82, 2.24) is 0 Å². The van der Waals surface area contributed by atoms with Crippen LogP contribution in [-0.4, -0.2) is 18.6 Å². The van der Waals surface area contributed by atoms with Crippen LogP contribution < -0.4 is 5.32 Å². The van der Waals surface area contributed by atoms with Crippen LogP contribution in [0.15, 0.2) is 24.3 Å². The van der Waals surface area contributed by atoms with E-state index in [1.54, 1.807) is 12.1 Å². The largest absolute Gasteiger partial charge is 0.467 e. The van der Waals surface area contributed by atoms with Gasteiger partial charge in [0.25, 0.3) is 0 Å². The highest BCUT2D eigenvalue weighted by Gasteiger charge is 2.42. The lowest BCUT2D eigenvalue weighted by molar-refractivity contribution is -0.147. The lowest BCUT2D eigenvalue weighted by Crippen LogP contribution is -2.49. The Balaban J connectivity index is 2.21. The predicted molar refractivity (Wildman–Crippen MR) is 72.4 cm³/mol. The summed E-state index contributed by atoms with van der Waals surface area (Å²) in [4.78, 5) is 12.1. The van der Waals surface area contributed by atoms with Gasteiger partial charge in [-0.05, 0) is 49.8 Å². The van der Waals surface area contributed by atoms with Crippen LogP contribution in [-0.2, 0) is 9.53 Å². The Morgan fingerprint density at radius 1 is 1.42 bits per heavy atom. The molecular weight excluding hydrogens is 245 g/mol. The maximum absolute atomic E-state index is 13.2. The van der Waals surface area contributed by atoms with Crippen molar-refractivity contribution in [2.45, 2.75) is 38.1 Å². The van der Waals surface area contributed by atoms with Gasteiger partial charge in [-0.2, -0.15) is 0 Å². The maximum Gasteiger partial charge on any atom is 0.331 e. The van der Waals surface area contributed by atoms with Crippen LogP contribution in [0.3, 0.4) is 0 Å². The molecule has 1 aliphatic rings. The number of carbonyl (C=O) groups excluding carboxylic acids is 1. The molecule has 0 radical (unpaired) electrons. The van der Waals surface area contributed by atoms with Gasteiger partial charge >= 0.3 is 5.97 Å². The van der Waals surface area contributed by atoms with Crippen molar-refractivity contribution in [2.24, 2.45) is 5.92 Å². The smallest absolute Gasteiger partial charge is 0.331 e. The van der Waals surface area contributed by atoms with E-state index in [1.165, 1.54) is 19.2 Å². The van der Waals surface area contributed by atoms with Crippen molar-refractivity contribution in [3.63, 3.8) is 0 Å². The molecule has 19 heavy (non-hydrogen) atoms. The van der Waals surface area contributed by atoms with E-state index in [2.05, 4.69) is 12.2 Å². The SMILES string of the molecule is COC(=O)C1(Nc2cccc(F)c2)CCC(C)CC1. The van der Waals surface area contributed by atoms with E-state index in [9.17, 15) is 9.18 Å². The third-order valence-corrected chi connectivity index (χ3v) is 3.91. The standard InChI is InChI=1S/C15H20FNO2/c1-11-6-8-15(9-7-11,14(18)19-2)17-13-5-3-4-12(16)10-13/h3-5,10-11,17H,6-9H2,1-2H3. The first-order valence-electron chi connectivity index (χ1n) is 6.68. The Morgan fingerprint density at radius 3 is 2.68 bits per heavy atom. The maximum atomic E-state index is 13.2. The third-order valence-electron chi connectivity index (χ3n) is 3.91. The van der Waals surface area contributed by atoms with E-state index in [0.29, 0.717) is 11.6 Å². The molecule has 1 N–H and O–H groups in total. The minimum Gasteiger partial charge on any atom is -0.467 e. The number of halogens is 1. The van der Waals surface area contributed by atoms with Gasteiger partial charge in [0.15, 0.2) is 0 Å². The van der Waals surface area contributed by atoms with Crippen molar-refractivity contribution >= 4 is 11.7 Å². The number of benzene rings is 1. The van der Waals surface area contributed by atoms with Crippen molar-refractivity contribution in [3.05, 3.63) is 30.1 Å². The molecule has 0 aromatic heterocycles. The molecule has 1 fully saturated rings. The van der Waals surface area contributed by atoms with Gasteiger partial charge in [-0.3, -0.25) is 0 Å². The number of nitrogens with one attached hydrogen (secondary N) is 1. The molecule has 3 nitrogen and oxygen atoms in total. The van der Waals surface area contributed by atoms with Crippen molar-refractivity contribution < 1.29 is 13.9 Å². The highest BCUT2D eigenvalue weighted by Crippen LogP contribution is 2.35. The van der Waals surface area contributed by atoms with Gasteiger partial charge in [-0.1, -0.05) is 13.0 Å². The van der Waals surface area contributed by atoms with Gasteiger partial charge in [0.05, 0.1) is 7.11 Å². The zero-order valence-corrected chi connectivity index (χ0v) is 11.4. The van der Waals surface area contributed by atoms with Crippen LogP contribution in [0.5, 0.6) is 0 Å². The van der Waals surface area contributed by atoms with Gasteiger partial charge in [0, 0.05) is 5.69 Å². The average molecular weight is 265 g/mol. The summed E-state index contributed by atoms with van der Waals surface area (Å²) in [7, 11) is 1.40. The second-order valence-corrected chi connectivity index (χ2v) is 5.39. The summed E-state index contributed by atoms with van der Waals surface area (Å²) >= 11 is 0. The summed E-state index contributed by atoms with van der Waals surface area (Å²) in [5, 5.41) is 3.19. The van der Waals surface area contributed by atoms with Crippen molar-refractivity contribution in [1.29, 1.82) is 0 Å². The predicted octanol–water partition coefficient (Wildman–Crippen LogP) is 3.36. The van der Waals surface area contributed by atoms with Gasteiger partial charge in [-0.15, -0.1) is 0 Å². The molecule has 1 aromatic rings. The van der Waals surface area contributed by atoms with E-state index in [4.69, 9.17) is 4.74 Å². The fourth-order valence-corrected chi connectivity index (χ4v) is 2.67. The summed E-state index contributed by atoms with van der Waals surface area (Å²) in [5.41, 5.74) is -0.0883. The van der Waals surface area contributed by atoms with Gasteiger partial charge in [0.2, 0.25) is 0 Å². The second kappa shape index (κ2) is 5.59. The molecule has 0 spiro atoms. The van der Waals surface area contributed by atoms with Gasteiger partial charge in [-0.25, -0.2) is 9.18 Å². The van der Waals surface area contributed by atoms with Crippen molar-refractivity contribution in [3.8, 4) is 0 Å². The fourth-order valence-electron chi connectivity index (χ4n) is 2.67. The minimum atomic E-state index is -0.713. The number of ether oxygens (including phenoxy) is 1. The molecule has 0 bridgehead atoms. The Kier molecular flexibility index (Phi) is 4.08.